The fraction of sp³-hybridized carbons (Fsp3) is 0.455. The average molecular weight is 371 g/mol. The highest BCUT2D eigenvalue weighted by atomic mass is 16.5. The predicted octanol–water partition coefficient (Wildman–Crippen LogP) is 4.15. The summed E-state index contributed by atoms with van der Waals surface area (Å²) in [6, 6.07) is 11.5. The van der Waals surface area contributed by atoms with Gasteiger partial charge in [-0.05, 0) is 73.9 Å². The second-order valence-electron chi connectivity index (χ2n) is 7.19. The van der Waals surface area contributed by atoms with Crippen LogP contribution in [0.25, 0.3) is 0 Å². The number of rotatable bonds is 10. The Morgan fingerprint density at radius 1 is 0.704 bits per heavy atom. The van der Waals surface area contributed by atoms with Crippen LogP contribution in [0.15, 0.2) is 36.4 Å². The lowest BCUT2D eigenvalue weighted by Crippen LogP contribution is -2.23. The fourth-order valence-electron chi connectivity index (χ4n) is 3.32. The van der Waals surface area contributed by atoms with Crippen molar-refractivity contribution in [1.29, 1.82) is 0 Å². The molecule has 27 heavy (non-hydrogen) atoms. The molecule has 2 unspecified atom stereocenters. The number of benzene rings is 2. The van der Waals surface area contributed by atoms with E-state index in [0.29, 0.717) is 11.4 Å². The summed E-state index contributed by atoms with van der Waals surface area (Å²) in [5, 5.41) is 0. The minimum absolute atomic E-state index is 0.218. The molecule has 8 N–H and O–H groups in total. The molecule has 0 aliphatic rings. The van der Waals surface area contributed by atoms with Gasteiger partial charge in [0.2, 0.25) is 0 Å². The van der Waals surface area contributed by atoms with Gasteiger partial charge < -0.3 is 27.7 Å². The van der Waals surface area contributed by atoms with Gasteiger partial charge in [0, 0.05) is 22.7 Å². The number of nitrogen functional groups attached to an aromatic ring is 4. The number of ether oxygens (including phenoxy) is 1. The normalized spacial score (nSPS) is 13.4. The molecule has 0 radical (unpaired) electrons. The van der Waals surface area contributed by atoms with E-state index in [-0.39, 0.29) is 12.2 Å². The van der Waals surface area contributed by atoms with Gasteiger partial charge >= 0.3 is 0 Å². The first-order valence-corrected chi connectivity index (χ1v) is 9.86. The highest BCUT2D eigenvalue weighted by molar-refractivity contribution is 5.57. The van der Waals surface area contributed by atoms with E-state index < -0.39 is 0 Å². The van der Waals surface area contributed by atoms with E-state index in [0.717, 1.165) is 61.0 Å². The summed E-state index contributed by atoms with van der Waals surface area (Å²) in [4.78, 5) is 0. The zero-order valence-corrected chi connectivity index (χ0v) is 16.6. The molecule has 0 aromatic heterocycles. The molecule has 0 saturated carbocycles. The molecule has 2 atom stereocenters. The third-order valence-corrected chi connectivity index (χ3v) is 5.11. The summed E-state index contributed by atoms with van der Waals surface area (Å²) in [6.07, 6.45) is 6.09. The van der Waals surface area contributed by atoms with Crippen LogP contribution in [-0.2, 0) is 17.6 Å². The fourth-order valence-corrected chi connectivity index (χ4v) is 3.32. The summed E-state index contributed by atoms with van der Waals surface area (Å²) in [5.41, 5.74) is 28.9. The molecule has 0 aliphatic heterocycles. The lowest BCUT2D eigenvalue weighted by Gasteiger charge is -2.24. The lowest BCUT2D eigenvalue weighted by atomic mass is 10.0. The van der Waals surface area contributed by atoms with E-state index in [1.165, 1.54) is 0 Å². The van der Waals surface area contributed by atoms with Crippen molar-refractivity contribution < 1.29 is 4.74 Å². The van der Waals surface area contributed by atoms with Crippen LogP contribution in [0.1, 0.15) is 50.7 Å². The Balaban J connectivity index is 1.88. The first kappa shape index (κ1) is 20.9. The number of anilines is 4. The molecular formula is C22H34N4O. The zero-order valence-electron chi connectivity index (χ0n) is 16.6. The van der Waals surface area contributed by atoms with Crippen LogP contribution < -0.4 is 22.9 Å². The van der Waals surface area contributed by atoms with Crippen LogP contribution in [0.2, 0.25) is 0 Å². The van der Waals surface area contributed by atoms with Crippen LogP contribution in [0.5, 0.6) is 0 Å². The Bertz CT molecular complexity index is 671. The molecule has 5 nitrogen and oxygen atoms in total. The molecule has 0 saturated heterocycles. The summed E-state index contributed by atoms with van der Waals surface area (Å²) >= 11 is 0. The monoisotopic (exact) mass is 370 g/mol. The van der Waals surface area contributed by atoms with Crippen LogP contribution >= 0.6 is 0 Å². The van der Waals surface area contributed by atoms with E-state index in [1.54, 1.807) is 0 Å². The van der Waals surface area contributed by atoms with E-state index in [4.69, 9.17) is 27.7 Å². The van der Waals surface area contributed by atoms with Crippen molar-refractivity contribution in [3.05, 3.63) is 47.5 Å². The molecule has 0 heterocycles. The van der Waals surface area contributed by atoms with Gasteiger partial charge in [-0.3, -0.25) is 0 Å². The molecule has 2 aromatic rings. The first-order chi connectivity index (χ1) is 12.9. The van der Waals surface area contributed by atoms with Crippen molar-refractivity contribution in [3.8, 4) is 0 Å². The van der Waals surface area contributed by atoms with Gasteiger partial charge in [-0.2, -0.15) is 0 Å². The minimum atomic E-state index is 0.218. The van der Waals surface area contributed by atoms with E-state index >= 15 is 0 Å². The van der Waals surface area contributed by atoms with Gasteiger partial charge in [0.05, 0.1) is 12.2 Å². The Morgan fingerprint density at radius 3 is 1.44 bits per heavy atom. The van der Waals surface area contributed by atoms with Crippen molar-refractivity contribution in [1.82, 2.24) is 0 Å². The highest BCUT2D eigenvalue weighted by Crippen LogP contribution is 2.23. The Morgan fingerprint density at radius 2 is 1.11 bits per heavy atom. The molecule has 5 heteroatoms. The van der Waals surface area contributed by atoms with Crippen LogP contribution in [0, 0.1) is 0 Å². The van der Waals surface area contributed by atoms with Crippen molar-refractivity contribution in [2.45, 2.75) is 64.6 Å². The zero-order chi connectivity index (χ0) is 19.8. The van der Waals surface area contributed by atoms with Crippen molar-refractivity contribution in [2.75, 3.05) is 22.9 Å². The van der Waals surface area contributed by atoms with Gasteiger partial charge in [0.15, 0.2) is 0 Å². The van der Waals surface area contributed by atoms with Gasteiger partial charge in [0.25, 0.3) is 0 Å². The summed E-state index contributed by atoms with van der Waals surface area (Å²) in [5.74, 6) is 0. The smallest absolute Gasteiger partial charge is 0.0579 e. The maximum absolute atomic E-state index is 6.39. The van der Waals surface area contributed by atoms with Crippen LogP contribution in [0.4, 0.5) is 22.7 Å². The quantitative estimate of drug-likeness (QED) is 0.469. The van der Waals surface area contributed by atoms with Gasteiger partial charge in [0.1, 0.15) is 0 Å². The number of aryl methyl sites for hydroxylation is 2. The molecule has 2 aromatic carbocycles. The topological polar surface area (TPSA) is 113 Å². The number of nitrogens with two attached hydrogens (primary N) is 4. The summed E-state index contributed by atoms with van der Waals surface area (Å²) < 4.78 is 6.39. The third kappa shape index (κ3) is 6.36. The minimum Gasteiger partial charge on any atom is -0.399 e. The number of hydrogen-bond donors (Lipinski definition) is 4. The van der Waals surface area contributed by atoms with Crippen molar-refractivity contribution >= 4 is 22.7 Å². The van der Waals surface area contributed by atoms with Crippen LogP contribution in [-0.4, -0.2) is 12.2 Å². The molecule has 148 valence electrons. The molecule has 0 fully saturated rings. The predicted molar refractivity (Wildman–Crippen MR) is 116 cm³/mol. The summed E-state index contributed by atoms with van der Waals surface area (Å²) in [6.45, 7) is 4.34. The average Bonchev–Trinajstić information content (AvgIpc) is 2.63. The van der Waals surface area contributed by atoms with Gasteiger partial charge in [-0.15, -0.1) is 0 Å². The molecule has 0 spiro atoms. The van der Waals surface area contributed by atoms with Gasteiger partial charge in [-0.1, -0.05) is 26.0 Å². The molecule has 2 rings (SSSR count). The largest absolute Gasteiger partial charge is 0.399 e. The first-order valence-electron chi connectivity index (χ1n) is 9.86. The molecule has 0 bridgehead atoms. The maximum atomic E-state index is 6.39. The van der Waals surface area contributed by atoms with Crippen molar-refractivity contribution in [2.24, 2.45) is 0 Å². The number of hydrogen-bond acceptors (Lipinski definition) is 5. The lowest BCUT2D eigenvalue weighted by molar-refractivity contribution is -0.0231. The van der Waals surface area contributed by atoms with E-state index in [2.05, 4.69) is 13.8 Å². The second kappa shape index (κ2) is 10.1. The van der Waals surface area contributed by atoms with Crippen LogP contribution in [0.3, 0.4) is 0 Å². The Kier molecular flexibility index (Phi) is 7.80. The Labute approximate surface area is 163 Å². The third-order valence-electron chi connectivity index (χ3n) is 5.11. The molecular weight excluding hydrogens is 336 g/mol. The maximum Gasteiger partial charge on any atom is 0.0579 e. The SMILES string of the molecule is CCC(CCc1ccc(N)cc1N)OC(CC)CCc1ccc(N)cc1N. The molecule has 0 aliphatic carbocycles. The summed E-state index contributed by atoms with van der Waals surface area (Å²) in [7, 11) is 0. The van der Waals surface area contributed by atoms with E-state index in [9.17, 15) is 0 Å². The van der Waals surface area contributed by atoms with Gasteiger partial charge in [-0.25, -0.2) is 0 Å². The standard InChI is InChI=1S/C22H34N4O/c1-3-19(11-7-15-5-9-17(23)13-21(15)25)27-20(4-2)12-8-16-6-10-18(24)14-22(16)26/h5-6,9-10,13-14,19-20H,3-4,7-8,11-12,23-26H2,1-2H3. The second-order valence-corrected chi connectivity index (χ2v) is 7.19. The van der Waals surface area contributed by atoms with E-state index in [1.807, 2.05) is 36.4 Å². The van der Waals surface area contributed by atoms with Crippen molar-refractivity contribution in [3.63, 3.8) is 0 Å². The molecule has 0 amide bonds. The highest BCUT2D eigenvalue weighted by Gasteiger charge is 2.15. The Hall–Kier alpha value is -2.40.